The summed E-state index contributed by atoms with van der Waals surface area (Å²) in [6.45, 7) is 3.00. The van der Waals surface area contributed by atoms with Crippen molar-refractivity contribution >= 4 is 27.3 Å². The fourth-order valence-corrected chi connectivity index (χ4v) is 1.65. The number of nitrogens with zero attached hydrogens (tertiary/aromatic N) is 2. The molecule has 0 bridgehead atoms. The third-order valence-corrected chi connectivity index (χ3v) is 2.34. The van der Waals surface area contributed by atoms with Crippen molar-refractivity contribution in [2.24, 2.45) is 0 Å². The van der Waals surface area contributed by atoms with E-state index in [1.165, 1.54) is 0 Å². The van der Waals surface area contributed by atoms with Crippen LogP contribution >= 0.6 is 15.9 Å². The van der Waals surface area contributed by atoms with E-state index in [9.17, 15) is 0 Å². The second-order valence-electron chi connectivity index (χ2n) is 2.57. The number of nitrogen functional groups attached to an aromatic ring is 1. The van der Waals surface area contributed by atoms with Crippen LogP contribution in [0, 0.1) is 0 Å². The summed E-state index contributed by atoms with van der Waals surface area (Å²) in [5.41, 5.74) is 7.47. The molecule has 0 spiro atoms. The first-order valence-corrected chi connectivity index (χ1v) is 4.56. The molecule has 1 heterocycles. The molecule has 0 aromatic carbocycles. The highest BCUT2D eigenvalue weighted by molar-refractivity contribution is 9.10. The van der Waals surface area contributed by atoms with Crippen LogP contribution in [-0.4, -0.2) is 18.6 Å². The minimum absolute atomic E-state index is 0.703. The molecule has 4 heteroatoms. The molecule has 12 heavy (non-hydrogen) atoms. The SMILES string of the molecule is CCN(C)c1c(N)cncc1Br. The van der Waals surface area contributed by atoms with Gasteiger partial charge in [-0.2, -0.15) is 0 Å². The van der Waals surface area contributed by atoms with Gasteiger partial charge < -0.3 is 10.6 Å². The number of halogens is 1. The van der Waals surface area contributed by atoms with Crippen LogP contribution in [0.4, 0.5) is 11.4 Å². The van der Waals surface area contributed by atoms with Gasteiger partial charge in [-0.1, -0.05) is 0 Å². The zero-order chi connectivity index (χ0) is 9.14. The highest BCUT2D eigenvalue weighted by Crippen LogP contribution is 2.29. The fraction of sp³-hybridized carbons (Fsp3) is 0.375. The molecule has 0 fully saturated rings. The van der Waals surface area contributed by atoms with Gasteiger partial charge in [0.1, 0.15) is 0 Å². The fourth-order valence-electron chi connectivity index (χ4n) is 1.00. The van der Waals surface area contributed by atoms with Crippen molar-refractivity contribution < 1.29 is 0 Å². The normalized spacial score (nSPS) is 9.92. The Morgan fingerprint density at radius 2 is 2.25 bits per heavy atom. The van der Waals surface area contributed by atoms with Gasteiger partial charge in [0, 0.05) is 19.8 Å². The van der Waals surface area contributed by atoms with Gasteiger partial charge in [0.2, 0.25) is 0 Å². The summed E-state index contributed by atoms with van der Waals surface area (Å²) in [5, 5.41) is 0. The molecule has 2 N–H and O–H groups in total. The van der Waals surface area contributed by atoms with Gasteiger partial charge in [-0.15, -0.1) is 0 Å². The molecule has 0 aliphatic rings. The monoisotopic (exact) mass is 229 g/mol. The first-order chi connectivity index (χ1) is 5.66. The van der Waals surface area contributed by atoms with Gasteiger partial charge in [-0.25, -0.2) is 0 Å². The van der Waals surface area contributed by atoms with Crippen LogP contribution in [0.2, 0.25) is 0 Å². The molecule has 0 saturated carbocycles. The van der Waals surface area contributed by atoms with Crippen LogP contribution < -0.4 is 10.6 Å². The van der Waals surface area contributed by atoms with Gasteiger partial charge >= 0.3 is 0 Å². The van der Waals surface area contributed by atoms with Gasteiger partial charge in [0.05, 0.1) is 22.0 Å². The highest BCUT2D eigenvalue weighted by Gasteiger charge is 2.07. The molecule has 1 rings (SSSR count). The standard InChI is InChI=1S/C8H12BrN3/c1-3-12(2)8-6(9)4-11-5-7(8)10/h4-5H,3,10H2,1-2H3. The number of anilines is 2. The van der Waals surface area contributed by atoms with Gasteiger partial charge in [-0.05, 0) is 22.9 Å². The van der Waals surface area contributed by atoms with Crippen molar-refractivity contribution in [2.45, 2.75) is 6.92 Å². The quantitative estimate of drug-likeness (QED) is 0.843. The molecule has 0 radical (unpaired) electrons. The van der Waals surface area contributed by atoms with Gasteiger partial charge in [-0.3, -0.25) is 4.98 Å². The van der Waals surface area contributed by atoms with Crippen molar-refractivity contribution in [2.75, 3.05) is 24.2 Å². The molecule has 0 amide bonds. The molecule has 3 nitrogen and oxygen atoms in total. The Hall–Kier alpha value is -0.770. The van der Waals surface area contributed by atoms with E-state index in [2.05, 4.69) is 32.7 Å². The smallest absolute Gasteiger partial charge is 0.0773 e. The predicted octanol–water partition coefficient (Wildman–Crippen LogP) is 1.88. The Bertz CT molecular complexity index is 255. The summed E-state index contributed by atoms with van der Waals surface area (Å²) >= 11 is 3.40. The number of pyridine rings is 1. The van der Waals surface area contributed by atoms with Crippen molar-refractivity contribution in [3.05, 3.63) is 16.9 Å². The Morgan fingerprint density at radius 1 is 1.58 bits per heavy atom. The van der Waals surface area contributed by atoms with E-state index in [4.69, 9.17) is 5.73 Å². The number of hydrogen-bond donors (Lipinski definition) is 1. The molecule has 0 saturated heterocycles. The predicted molar refractivity (Wildman–Crippen MR) is 55.3 cm³/mol. The zero-order valence-corrected chi connectivity index (χ0v) is 8.80. The molecule has 0 unspecified atom stereocenters. The van der Waals surface area contributed by atoms with E-state index in [-0.39, 0.29) is 0 Å². The molecular weight excluding hydrogens is 218 g/mol. The maximum atomic E-state index is 5.76. The summed E-state index contributed by atoms with van der Waals surface area (Å²) in [7, 11) is 2.00. The summed E-state index contributed by atoms with van der Waals surface area (Å²) in [6, 6.07) is 0. The second kappa shape index (κ2) is 3.76. The lowest BCUT2D eigenvalue weighted by Crippen LogP contribution is -2.18. The largest absolute Gasteiger partial charge is 0.396 e. The van der Waals surface area contributed by atoms with E-state index < -0.39 is 0 Å². The van der Waals surface area contributed by atoms with Crippen LogP contribution in [0.15, 0.2) is 16.9 Å². The van der Waals surface area contributed by atoms with Crippen molar-refractivity contribution in [1.82, 2.24) is 4.98 Å². The molecule has 1 aromatic heterocycles. The average molecular weight is 230 g/mol. The first kappa shape index (κ1) is 9.32. The van der Waals surface area contributed by atoms with Crippen LogP contribution in [0.25, 0.3) is 0 Å². The Labute approximate surface area is 80.7 Å². The van der Waals surface area contributed by atoms with Gasteiger partial charge in [0.25, 0.3) is 0 Å². The van der Waals surface area contributed by atoms with E-state index >= 15 is 0 Å². The number of nitrogens with two attached hydrogens (primary N) is 1. The minimum Gasteiger partial charge on any atom is -0.396 e. The van der Waals surface area contributed by atoms with Gasteiger partial charge in [0.15, 0.2) is 0 Å². The van der Waals surface area contributed by atoms with E-state index in [1.807, 2.05) is 7.05 Å². The van der Waals surface area contributed by atoms with Crippen LogP contribution in [0.3, 0.4) is 0 Å². The Balaban J connectivity index is 3.12. The summed E-state index contributed by atoms with van der Waals surface area (Å²) < 4.78 is 0.937. The number of rotatable bonds is 2. The molecule has 0 atom stereocenters. The Morgan fingerprint density at radius 3 is 2.75 bits per heavy atom. The van der Waals surface area contributed by atoms with E-state index in [1.54, 1.807) is 12.4 Å². The lowest BCUT2D eigenvalue weighted by atomic mass is 10.3. The summed E-state index contributed by atoms with van der Waals surface area (Å²) in [4.78, 5) is 6.03. The zero-order valence-electron chi connectivity index (χ0n) is 7.21. The first-order valence-electron chi connectivity index (χ1n) is 3.77. The number of hydrogen-bond acceptors (Lipinski definition) is 3. The maximum absolute atomic E-state index is 5.76. The van der Waals surface area contributed by atoms with E-state index in [0.29, 0.717) is 5.69 Å². The van der Waals surface area contributed by atoms with Crippen LogP contribution in [-0.2, 0) is 0 Å². The maximum Gasteiger partial charge on any atom is 0.0773 e. The lowest BCUT2D eigenvalue weighted by Gasteiger charge is -2.19. The number of aromatic nitrogens is 1. The van der Waals surface area contributed by atoms with Crippen LogP contribution in [0.5, 0.6) is 0 Å². The molecule has 66 valence electrons. The highest BCUT2D eigenvalue weighted by atomic mass is 79.9. The van der Waals surface area contributed by atoms with Crippen molar-refractivity contribution in [3.63, 3.8) is 0 Å². The molecule has 0 aliphatic carbocycles. The second-order valence-corrected chi connectivity index (χ2v) is 3.43. The van der Waals surface area contributed by atoms with Crippen molar-refractivity contribution in [1.29, 1.82) is 0 Å². The Kier molecular flexibility index (Phi) is 2.92. The van der Waals surface area contributed by atoms with Crippen LogP contribution in [0.1, 0.15) is 6.92 Å². The third-order valence-electron chi connectivity index (χ3n) is 1.76. The third kappa shape index (κ3) is 1.69. The lowest BCUT2D eigenvalue weighted by molar-refractivity contribution is 0.963. The van der Waals surface area contributed by atoms with E-state index in [0.717, 1.165) is 16.7 Å². The molecule has 1 aromatic rings. The molecule has 0 aliphatic heterocycles. The van der Waals surface area contributed by atoms with Crippen molar-refractivity contribution in [3.8, 4) is 0 Å². The summed E-state index contributed by atoms with van der Waals surface area (Å²) in [5.74, 6) is 0. The average Bonchev–Trinajstić information content (AvgIpc) is 2.03. The molecular formula is C8H12BrN3. The summed E-state index contributed by atoms with van der Waals surface area (Å²) in [6.07, 6.45) is 3.41. The minimum atomic E-state index is 0.703. The topological polar surface area (TPSA) is 42.1 Å².